The Labute approximate surface area is 256 Å². The van der Waals surface area contributed by atoms with E-state index >= 15 is 0 Å². The van der Waals surface area contributed by atoms with Crippen molar-refractivity contribution >= 4 is 72.8 Å². The number of aryl methyl sites for hydroxylation is 1. The summed E-state index contributed by atoms with van der Waals surface area (Å²) >= 11 is 6.50. The number of alkyl halides is 1. The molecule has 2 aromatic heterocycles. The van der Waals surface area contributed by atoms with E-state index in [0.29, 0.717) is 31.2 Å². The molecule has 8 nitrogen and oxygen atoms in total. The van der Waals surface area contributed by atoms with Crippen molar-refractivity contribution in [2.75, 3.05) is 31.5 Å². The zero-order valence-corrected chi connectivity index (χ0v) is 26.4. The summed E-state index contributed by atoms with van der Waals surface area (Å²) in [6, 6.07) is 3.88. The zero-order valence-electron chi connectivity index (χ0n) is 22.4. The first-order valence-corrected chi connectivity index (χ1v) is 12.6. The molecule has 5 N–H and O–H groups in total. The van der Waals surface area contributed by atoms with Crippen LogP contribution in [0.15, 0.2) is 18.2 Å². The molecule has 0 amide bonds. The Morgan fingerprint density at radius 3 is 2.29 bits per heavy atom. The number of aliphatic hydroxyl groups is 1. The Morgan fingerprint density at radius 1 is 1.11 bits per heavy atom. The SMILES string of the molecule is CC(C)O.CC1=CC(Cl)Cc2c1nc(NC1CCN(CCN)CC1)n2Cc1nc(C)ccc1O.Cl.Cl.Cl.Cl. The van der Waals surface area contributed by atoms with Crippen LogP contribution < -0.4 is 11.1 Å². The lowest BCUT2D eigenvalue weighted by atomic mass is 10.0. The van der Waals surface area contributed by atoms with E-state index in [9.17, 15) is 5.11 Å². The highest BCUT2D eigenvalue weighted by molar-refractivity contribution is 6.22. The number of imidazole rings is 1. The summed E-state index contributed by atoms with van der Waals surface area (Å²) in [5.74, 6) is 1.04. The van der Waals surface area contributed by atoms with E-state index in [1.54, 1.807) is 19.9 Å². The van der Waals surface area contributed by atoms with Crippen molar-refractivity contribution in [1.82, 2.24) is 19.4 Å². The maximum Gasteiger partial charge on any atom is 0.204 e. The number of piperidine rings is 1. The van der Waals surface area contributed by atoms with E-state index in [1.807, 2.05) is 13.0 Å². The third kappa shape index (κ3) is 10.9. The normalized spacial score (nSPS) is 16.8. The molecule has 0 spiro atoms. The molecule has 0 aromatic carbocycles. The third-order valence-electron chi connectivity index (χ3n) is 6.03. The molecule has 2 aromatic rings. The van der Waals surface area contributed by atoms with E-state index in [-0.39, 0.29) is 66.9 Å². The molecular weight excluding hydrogens is 594 g/mol. The van der Waals surface area contributed by atoms with Gasteiger partial charge in [-0.25, -0.2) is 4.98 Å². The van der Waals surface area contributed by atoms with E-state index in [4.69, 9.17) is 27.4 Å². The maximum atomic E-state index is 10.4. The third-order valence-corrected chi connectivity index (χ3v) is 6.31. The second-order valence-corrected chi connectivity index (χ2v) is 10.0. The predicted octanol–water partition coefficient (Wildman–Crippen LogP) is 4.82. The van der Waals surface area contributed by atoms with Crippen molar-refractivity contribution in [2.45, 2.75) is 71.0 Å². The minimum Gasteiger partial charge on any atom is -0.506 e. The summed E-state index contributed by atoms with van der Waals surface area (Å²) in [5, 5.41) is 22.0. The highest BCUT2D eigenvalue weighted by Gasteiger charge is 2.27. The van der Waals surface area contributed by atoms with Crippen molar-refractivity contribution in [3.05, 3.63) is 41.0 Å². The van der Waals surface area contributed by atoms with Gasteiger partial charge in [0.05, 0.1) is 17.6 Å². The molecule has 1 saturated heterocycles. The highest BCUT2D eigenvalue weighted by Crippen LogP contribution is 2.32. The topological polar surface area (TPSA) is 112 Å². The number of nitrogens with zero attached hydrogens (tertiary/aromatic N) is 4. The number of hydrogen-bond donors (Lipinski definition) is 4. The standard InChI is InChI=1S/C22H31ClN6O.C3H8O.4ClH/c1-14-11-16(23)12-19-21(14)27-22(26-17-5-8-28(9-6-17)10-7-24)29(19)13-18-20(30)4-3-15(2)25-18;1-3(2)4;;;;/h3-4,11,16-17,30H,5-10,12-13,24H2,1-2H3,(H,26,27);3-4H,1-2H3;4*1H. The Bertz CT molecular complexity index is 994. The van der Waals surface area contributed by atoms with Gasteiger partial charge in [0, 0.05) is 56.1 Å². The maximum absolute atomic E-state index is 10.4. The molecule has 1 aliphatic carbocycles. The van der Waals surface area contributed by atoms with Gasteiger partial charge < -0.3 is 30.7 Å². The van der Waals surface area contributed by atoms with Crippen LogP contribution >= 0.6 is 61.2 Å². The average molecular weight is 637 g/mol. The lowest BCUT2D eigenvalue weighted by Crippen LogP contribution is -2.41. The summed E-state index contributed by atoms with van der Waals surface area (Å²) in [7, 11) is 0. The smallest absolute Gasteiger partial charge is 0.204 e. The molecule has 38 heavy (non-hydrogen) atoms. The first-order valence-electron chi connectivity index (χ1n) is 12.1. The number of anilines is 1. The number of likely N-dealkylation sites (tertiary alicyclic amines) is 1. The van der Waals surface area contributed by atoms with Crippen LogP contribution in [0.1, 0.15) is 56.4 Å². The van der Waals surface area contributed by atoms with Crippen molar-refractivity contribution in [1.29, 1.82) is 0 Å². The number of aliphatic hydroxyl groups excluding tert-OH is 1. The summed E-state index contributed by atoms with van der Waals surface area (Å²) in [4.78, 5) is 11.9. The fraction of sp³-hybridized carbons (Fsp3) is 0.600. The molecule has 2 aliphatic rings. The van der Waals surface area contributed by atoms with Crippen LogP contribution in [0.2, 0.25) is 0 Å². The minimum absolute atomic E-state index is 0. The fourth-order valence-corrected chi connectivity index (χ4v) is 4.75. The number of pyridine rings is 1. The predicted molar refractivity (Wildman–Crippen MR) is 167 cm³/mol. The first-order chi connectivity index (χ1) is 16.2. The molecule has 1 atom stereocenters. The average Bonchev–Trinajstić information content (AvgIpc) is 3.09. The fourth-order valence-electron chi connectivity index (χ4n) is 4.42. The molecule has 0 saturated carbocycles. The number of aromatic nitrogens is 3. The molecule has 3 heterocycles. The largest absolute Gasteiger partial charge is 0.506 e. The Kier molecular flexibility index (Phi) is 19.0. The molecule has 0 bridgehead atoms. The van der Waals surface area contributed by atoms with Crippen LogP contribution in [0.5, 0.6) is 5.75 Å². The van der Waals surface area contributed by atoms with E-state index in [1.165, 1.54) is 0 Å². The minimum atomic E-state index is -0.167. The van der Waals surface area contributed by atoms with Gasteiger partial charge >= 0.3 is 0 Å². The number of aromatic hydroxyl groups is 1. The highest BCUT2D eigenvalue weighted by atomic mass is 35.5. The number of hydrogen-bond acceptors (Lipinski definition) is 7. The number of rotatable bonds is 6. The van der Waals surface area contributed by atoms with Gasteiger partial charge in [0.25, 0.3) is 0 Å². The van der Waals surface area contributed by atoms with Crippen LogP contribution in [0.25, 0.3) is 5.57 Å². The van der Waals surface area contributed by atoms with Gasteiger partial charge in [-0.05, 0) is 58.2 Å². The number of fused-ring (bicyclic) bond motifs is 1. The molecule has 1 unspecified atom stereocenters. The Morgan fingerprint density at radius 2 is 1.71 bits per heavy atom. The lowest BCUT2D eigenvalue weighted by Gasteiger charge is -2.32. The van der Waals surface area contributed by atoms with Crippen LogP contribution in [0.3, 0.4) is 0 Å². The molecule has 4 rings (SSSR count). The van der Waals surface area contributed by atoms with Gasteiger partial charge in [-0.15, -0.1) is 61.2 Å². The molecule has 220 valence electrons. The van der Waals surface area contributed by atoms with Crippen molar-refractivity contribution in [3.8, 4) is 5.75 Å². The first kappa shape index (κ1) is 39.2. The van der Waals surface area contributed by atoms with E-state index in [2.05, 4.69) is 32.8 Å². The quantitative estimate of drug-likeness (QED) is 0.337. The summed E-state index contributed by atoms with van der Waals surface area (Å²) in [6.07, 6.45) is 4.72. The second-order valence-electron chi connectivity index (χ2n) is 9.45. The van der Waals surface area contributed by atoms with Crippen LogP contribution in [-0.4, -0.2) is 73.3 Å². The van der Waals surface area contributed by atoms with Crippen molar-refractivity contribution in [3.63, 3.8) is 0 Å². The monoisotopic (exact) mass is 634 g/mol. The second kappa shape index (κ2) is 18.4. The molecular formula is C25H43Cl5N6O2. The summed E-state index contributed by atoms with van der Waals surface area (Å²) in [6.45, 7) is 11.6. The molecule has 1 fully saturated rings. The van der Waals surface area contributed by atoms with Gasteiger partial charge in [0.2, 0.25) is 5.95 Å². The van der Waals surface area contributed by atoms with E-state index in [0.717, 1.165) is 61.1 Å². The van der Waals surface area contributed by atoms with Gasteiger partial charge in [0.1, 0.15) is 11.4 Å². The number of nitrogens with two attached hydrogens (primary N) is 1. The summed E-state index contributed by atoms with van der Waals surface area (Å²) < 4.78 is 2.15. The van der Waals surface area contributed by atoms with Gasteiger partial charge in [-0.3, -0.25) is 4.98 Å². The molecule has 1 aliphatic heterocycles. The number of halogens is 5. The molecule has 0 radical (unpaired) electrons. The number of allylic oxidation sites excluding steroid dienone is 2. The molecule has 13 heteroatoms. The Balaban J connectivity index is 0. The van der Waals surface area contributed by atoms with Gasteiger partial charge in [0.15, 0.2) is 0 Å². The van der Waals surface area contributed by atoms with Gasteiger partial charge in [-0.1, -0.05) is 6.08 Å². The zero-order chi connectivity index (χ0) is 24.8. The van der Waals surface area contributed by atoms with Crippen LogP contribution in [-0.2, 0) is 13.0 Å². The number of nitrogens with one attached hydrogen (secondary N) is 1. The van der Waals surface area contributed by atoms with Crippen molar-refractivity contribution < 1.29 is 10.2 Å². The lowest BCUT2D eigenvalue weighted by molar-refractivity contribution is 0.216. The van der Waals surface area contributed by atoms with E-state index < -0.39 is 0 Å². The summed E-state index contributed by atoms with van der Waals surface area (Å²) in [5.41, 5.74) is 10.4. The van der Waals surface area contributed by atoms with Crippen molar-refractivity contribution in [2.24, 2.45) is 5.73 Å². The van der Waals surface area contributed by atoms with Gasteiger partial charge in [-0.2, -0.15) is 0 Å². The Hall–Kier alpha value is -0.970. The van der Waals surface area contributed by atoms with Crippen LogP contribution in [0, 0.1) is 6.92 Å². The van der Waals surface area contributed by atoms with Crippen LogP contribution in [0.4, 0.5) is 5.95 Å².